The minimum atomic E-state index is -0.408. The van der Waals surface area contributed by atoms with E-state index in [0.29, 0.717) is 38.5 Å². The summed E-state index contributed by atoms with van der Waals surface area (Å²) >= 11 is 12.1. The van der Waals surface area contributed by atoms with Crippen molar-refractivity contribution in [2.75, 3.05) is 24.9 Å². The Morgan fingerprint density at radius 3 is 2.37 bits per heavy atom. The first-order chi connectivity index (χ1) is 12.8. The van der Waals surface area contributed by atoms with Crippen molar-refractivity contribution in [2.24, 2.45) is 0 Å². The fraction of sp³-hybridized carbons (Fsp3) is 0.158. The highest BCUT2D eigenvalue weighted by atomic mass is 35.5. The third kappa shape index (κ3) is 5.64. The Kier molecular flexibility index (Phi) is 7.10. The summed E-state index contributed by atoms with van der Waals surface area (Å²) in [5.74, 6) is 0.200. The van der Waals surface area contributed by atoms with Crippen LogP contribution in [0.2, 0.25) is 10.0 Å². The maximum atomic E-state index is 12.3. The van der Waals surface area contributed by atoms with Crippen LogP contribution in [0.5, 0.6) is 11.5 Å². The molecule has 0 fully saturated rings. The first-order valence-corrected chi connectivity index (χ1v) is 8.57. The second kappa shape index (κ2) is 9.30. The fourth-order valence-electron chi connectivity index (χ4n) is 2.30. The minimum Gasteiger partial charge on any atom is -0.493 e. The number of rotatable bonds is 6. The molecule has 0 atom stereocenters. The molecule has 142 valence electrons. The van der Waals surface area contributed by atoms with E-state index in [-0.39, 0.29) is 5.91 Å². The number of carbonyl (C=O) groups is 2. The molecule has 2 aromatic carbocycles. The van der Waals surface area contributed by atoms with E-state index < -0.39 is 5.91 Å². The van der Waals surface area contributed by atoms with Crippen LogP contribution < -0.4 is 20.1 Å². The largest absolute Gasteiger partial charge is 0.493 e. The number of halogens is 2. The number of amides is 2. The molecule has 0 aliphatic rings. The molecule has 6 nitrogen and oxygen atoms in total. The Morgan fingerprint density at radius 1 is 1.00 bits per heavy atom. The van der Waals surface area contributed by atoms with E-state index in [9.17, 15) is 9.59 Å². The van der Waals surface area contributed by atoms with E-state index >= 15 is 0 Å². The maximum absolute atomic E-state index is 12.3. The second-order valence-electron chi connectivity index (χ2n) is 5.43. The summed E-state index contributed by atoms with van der Waals surface area (Å²) in [6, 6.07) is 8.11. The molecule has 0 unspecified atom stereocenters. The zero-order chi connectivity index (χ0) is 20.0. The molecule has 0 bridgehead atoms. The molecule has 0 aliphatic carbocycles. The van der Waals surface area contributed by atoms with E-state index in [2.05, 4.69) is 10.6 Å². The predicted molar refractivity (Wildman–Crippen MR) is 108 cm³/mol. The van der Waals surface area contributed by atoms with Crippen LogP contribution in [0.25, 0.3) is 6.08 Å². The van der Waals surface area contributed by atoms with Gasteiger partial charge >= 0.3 is 0 Å². The Bertz CT molecular complexity index is 898. The second-order valence-corrected chi connectivity index (χ2v) is 6.28. The van der Waals surface area contributed by atoms with Gasteiger partial charge < -0.3 is 20.1 Å². The van der Waals surface area contributed by atoms with Gasteiger partial charge in [0.2, 0.25) is 11.8 Å². The van der Waals surface area contributed by atoms with Gasteiger partial charge in [-0.05, 0) is 42.0 Å². The van der Waals surface area contributed by atoms with Gasteiger partial charge in [0.05, 0.1) is 30.6 Å². The molecule has 8 heteroatoms. The normalized spacial score (nSPS) is 10.6. The molecule has 0 saturated carbocycles. The van der Waals surface area contributed by atoms with Crippen LogP contribution in [-0.2, 0) is 9.59 Å². The number of benzene rings is 2. The summed E-state index contributed by atoms with van der Waals surface area (Å²) in [6.07, 6.45) is 2.90. The van der Waals surface area contributed by atoms with Crippen molar-refractivity contribution in [2.45, 2.75) is 6.92 Å². The van der Waals surface area contributed by atoms with Crippen LogP contribution >= 0.6 is 23.2 Å². The van der Waals surface area contributed by atoms with E-state index in [1.165, 1.54) is 27.2 Å². The van der Waals surface area contributed by atoms with Crippen molar-refractivity contribution in [3.8, 4) is 11.5 Å². The molecule has 0 heterocycles. The van der Waals surface area contributed by atoms with Gasteiger partial charge in [0, 0.05) is 18.0 Å². The lowest BCUT2D eigenvalue weighted by atomic mass is 10.2. The van der Waals surface area contributed by atoms with Gasteiger partial charge in [-0.15, -0.1) is 0 Å². The molecule has 2 rings (SSSR count). The van der Waals surface area contributed by atoms with Crippen LogP contribution in [0.4, 0.5) is 11.4 Å². The van der Waals surface area contributed by atoms with Crippen LogP contribution in [0.3, 0.4) is 0 Å². The van der Waals surface area contributed by atoms with Gasteiger partial charge in [-0.3, -0.25) is 9.59 Å². The highest BCUT2D eigenvalue weighted by Crippen LogP contribution is 2.36. The number of methoxy groups -OCH3 is 2. The number of nitrogens with one attached hydrogen (secondary N) is 2. The van der Waals surface area contributed by atoms with Crippen LogP contribution in [0.15, 0.2) is 36.4 Å². The molecule has 27 heavy (non-hydrogen) atoms. The SMILES string of the molecule is COc1cc(C=CC(=O)Nc2cc(Cl)ccc2NC(C)=O)cc(Cl)c1OC. The Morgan fingerprint density at radius 2 is 1.74 bits per heavy atom. The van der Waals surface area contributed by atoms with Crippen LogP contribution in [0, 0.1) is 0 Å². The Hall–Kier alpha value is -2.70. The quantitative estimate of drug-likeness (QED) is 0.683. The maximum Gasteiger partial charge on any atom is 0.248 e. The molecular formula is C19H18Cl2N2O4. The fourth-order valence-corrected chi connectivity index (χ4v) is 2.77. The summed E-state index contributed by atoms with van der Waals surface area (Å²) in [5.41, 5.74) is 1.49. The molecular weight excluding hydrogens is 391 g/mol. The molecule has 2 N–H and O–H groups in total. The first-order valence-electron chi connectivity index (χ1n) is 7.81. The molecule has 0 saturated heterocycles. The number of hydrogen-bond acceptors (Lipinski definition) is 4. The van der Waals surface area contributed by atoms with E-state index in [1.807, 2.05) is 0 Å². The number of hydrogen-bond donors (Lipinski definition) is 2. The molecule has 0 spiro atoms. The monoisotopic (exact) mass is 408 g/mol. The van der Waals surface area contributed by atoms with Gasteiger partial charge in [-0.1, -0.05) is 23.2 Å². The summed E-state index contributed by atoms with van der Waals surface area (Å²) in [6.45, 7) is 1.38. The van der Waals surface area contributed by atoms with Gasteiger partial charge in [-0.2, -0.15) is 0 Å². The summed E-state index contributed by atoms with van der Waals surface area (Å²) in [5, 5.41) is 6.10. The highest BCUT2D eigenvalue weighted by molar-refractivity contribution is 6.32. The standard InChI is InChI=1S/C19H18Cl2N2O4/c1-11(24)22-15-6-5-13(20)10-16(15)23-18(25)7-4-12-8-14(21)19(27-3)17(9-12)26-2/h4-10H,1-3H3,(H,22,24)(H,23,25). The van der Waals surface area contributed by atoms with Crippen molar-refractivity contribution in [1.82, 2.24) is 0 Å². The summed E-state index contributed by atoms with van der Waals surface area (Å²) < 4.78 is 10.4. The Balaban J connectivity index is 2.20. The topological polar surface area (TPSA) is 76.7 Å². The smallest absolute Gasteiger partial charge is 0.248 e. The van der Waals surface area contributed by atoms with Crippen molar-refractivity contribution in [1.29, 1.82) is 0 Å². The lowest BCUT2D eigenvalue weighted by Crippen LogP contribution is -2.13. The average molecular weight is 409 g/mol. The average Bonchev–Trinajstić information content (AvgIpc) is 2.61. The minimum absolute atomic E-state index is 0.261. The molecule has 2 aromatic rings. The molecule has 2 amide bonds. The van der Waals surface area contributed by atoms with Gasteiger partial charge in [-0.25, -0.2) is 0 Å². The molecule has 0 radical (unpaired) electrons. The number of ether oxygens (including phenoxy) is 2. The highest BCUT2D eigenvalue weighted by Gasteiger charge is 2.11. The number of anilines is 2. The predicted octanol–water partition coefficient (Wildman–Crippen LogP) is 4.62. The number of carbonyl (C=O) groups excluding carboxylic acids is 2. The van der Waals surface area contributed by atoms with Crippen LogP contribution in [0.1, 0.15) is 12.5 Å². The lowest BCUT2D eigenvalue weighted by molar-refractivity contribution is -0.114. The van der Waals surface area contributed by atoms with Crippen molar-refractivity contribution in [3.05, 3.63) is 52.0 Å². The van der Waals surface area contributed by atoms with Crippen molar-refractivity contribution in [3.63, 3.8) is 0 Å². The third-order valence-electron chi connectivity index (χ3n) is 3.43. The van der Waals surface area contributed by atoms with Crippen LogP contribution in [-0.4, -0.2) is 26.0 Å². The molecule has 0 aliphatic heterocycles. The Labute approximate surface area is 167 Å². The van der Waals surface area contributed by atoms with E-state index in [1.54, 1.807) is 36.4 Å². The zero-order valence-electron chi connectivity index (χ0n) is 14.9. The molecule has 0 aromatic heterocycles. The van der Waals surface area contributed by atoms with Crippen molar-refractivity contribution < 1.29 is 19.1 Å². The first kappa shape index (κ1) is 20.6. The van der Waals surface area contributed by atoms with Gasteiger partial charge in [0.15, 0.2) is 11.5 Å². The third-order valence-corrected chi connectivity index (χ3v) is 3.95. The van der Waals surface area contributed by atoms with Gasteiger partial charge in [0.1, 0.15) is 0 Å². The van der Waals surface area contributed by atoms with Crippen molar-refractivity contribution >= 4 is 52.5 Å². The summed E-state index contributed by atoms with van der Waals surface area (Å²) in [7, 11) is 2.99. The van der Waals surface area contributed by atoms with E-state index in [4.69, 9.17) is 32.7 Å². The van der Waals surface area contributed by atoms with E-state index in [0.717, 1.165) is 0 Å². The lowest BCUT2D eigenvalue weighted by Gasteiger charge is -2.11. The summed E-state index contributed by atoms with van der Waals surface area (Å²) in [4.78, 5) is 23.5. The zero-order valence-corrected chi connectivity index (χ0v) is 16.4. The van der Waals surface area contributed by atoms with Gasteiger partial charge in [0.25, 0.3) is 0 Å².